The smallest absolute Gasteiger partial charge is 0.185 e. The summed E-state index contributed by atoms with van der Waals surface area (Å²) in [6.45, 7) is 0.0258. The van der Waals surface area contributed by atoms with Gasteiger partial charge in [-0.2, -0.15) is 0 Å². The summed E-state index contributed by atoms with van der Waals surface area (Å²) in [7, 11) is 0. The number of furan rings is 1. The molecule has 0 atom stereocenters. The monoisotopic (exact) mass is 202 g/mol. The van der Waals surface area contributed by atoms with Crippen LogP contribution < -0.4 is 0 Å². The third kappa shape index (κ3) is 1.97. The molecule has 0 spiro atoms. The van der Waals surface area contributed by atoms with Crippen molar-refractivity contribution in [2.45, 2.75) is 6.61 Å². The highest BCUT2D eigenvalue weighted by Gasteiger charge is 2.03. The van der Waals surface area contributed by atoms with Gasteiger partial charge in [-0.05, 0) is 17.7 Å². The molecule has 1 aromatic carbocycles. The second-order valence-corrected chi connectivity index (χ2v) is 3.17. The number of aliphatic hydroxyl groups is 1. The number of benzene rings is 1. The van der Waals surface area contributed by atoms with Crippen LogP contribution in [0.5, 0.6) is 0 Å². The van der Waals surface area contributed by atoms with Crippen LogP contribution in [0.25, 0.3) is 11.3 Å². The summed E-state index contributed by atoms with van der Waals surface area (Å²) in [5, 5.41) is 8.87. The minimum atomic E-state index is 0.0258. The summed E-state index contributed by atoms with van der Waals surface area (Å²) in [5.41, 5.74) is 1.74. The molecule has 1 aromatic heterocycles. The first kappa shape index (κ1) is 9.68. The first-order valence-electron chi connectivity index (χ1n) is 4.58. The molecule has 1 heterocycles. The molecule has 0 fully saturated rings. The summed E-state index contributed by atoms with van der Waals surface area (Å²) in [4.78, 5) is 10.4. The van der Waals surface area contributed by atoms with Crippen molar-refractivity contribution in [1.82, 2.24) is 0 Å². The van der Waals surface area contributed by atoms with E-state index in [0.717, 1.165) is 11.1 Å². The Morgan fingerprint density at radius 3 is 2.40 bits per heavy atom. The highest BCUT2D eigenvalue weighted by Crippen LogP contribution is 2.21. The van der Waals surface area contributed by atoms with Gasteiger partial charge in [0.1, 0.15) is 5.76 Å². The molecule has 0 aliphatic rings. The number of hydrogen-bond acceptors (Lipinski definition) is 3. The molecule has 3 nitrogen and oxygen atoms in total. The number of carbonyl (C=O) groups is 1. The Kier molecular flexibility index (Phi) is 2.65. The van der Waals surface area contributed by atoms with Crippen LogP contribution in [0.15, 0.2) is 40.8 Å². The lowest BCUT2D eigenvalue weighted by atomic mass is 10.1. The number of aldehydes is 1. The fourth-order valence-electron chi connectivity index (χ4n) is 1.35. The van der Waals surface area contributed by atoms with Gasteiger partial charge in [0.05, 0.1) is 6.61 Å². The minimum absolute atomic E-state index is 0.0258. The predicted octanol–water partition coefficient (Wildman–Crippen LogP) is 2.25. The minimum Gasteiger partial charge on any atom is -0.453 e. The number of aliphatic hydroxyl groups excluding tert-OH is 1. The van der Waals surface area contributed by atoms with E-state index in [1.54, 1.807) is 12.1 Å². The first-order chi connectivity index (χ1) is 7.33. The van der Waals surface area contributed by atoms with Crippen LogP contribution >= 0.6 is 0 Å². The second-order valence-electron chi connectivity index (χ2n) is 3.17. The average molecular weight is 202 g/mol. The van der Waals surface area contributed by atoms with E-state index in [1.165, 1.54) is 0 Å². The maximum absolute atomic E-state index is 10.4. The van der Waals surface area contributed by atoms with Crippen molar-refractivity contribution >= 4 is 6.29 Å². The summed E-state index contributed by atoms with van der Waals surface area (Å²) >= 11 is 0. The average Bonchev–Trinajstić information content (AvgIpc) is 2.78. The van der Waals surface area contributed by atoms with Gasteiger partial charge in [0.2, 0.25) is 0 Å². The lowest BCUT2D eigenvalue weighted by molar-refractivity contribution is 0.110. The van der Waals surface area contributed by atoms with Crippen LogP contribution in [-0.4, -0.2) is 11.4 Å². The quantitative estimate of drug-likeness (QED) is 0.776. The molecule has 0 unspecified atom stereocenters. The SMILES string of the molecule is O=Cc1ccc(-c2ccc(CO)cc2)o1. The summed E-state index contributed by atoms with van der Waals surface area (Å²) in [6, 6.07) is 10.7. The molecule has 0 aliphatic carbocycles. The van der Waals surface area contributed by atoms with Gasteiger partial charge < -0.3 is 9.52 Å². The lowest BCUT2D eigenvalue weighted by Gasteiger charge is -1.98. The third-order valence-corrected chi connectivity index (χ3v) is 2.16. The van der Waals surface area contributed by atoms with Gasteiger partial charge in [0.15, 0.2) is 12.0 Å². The Balaban J connectivity index is 2.32. The van der Waals surface area contributed by atoms with E-state index in [-0.39, 0.29) is 6.61 Å². The Morgan fingerprint density at radius 2 is 1.87 bits per heavy atom. The van der Waals surface area contributed by atoms with E-state index in [9.17, 15) is 4.79 Å². The Labute approximate surface area is 87.0 Å². The summed E-state index contributed by atoms with van der Waals surface area (Å²) in [6.07, 6.45) is 0.672. The maximum Gasteiger partial charge on any atom is 0.185 e. The molecule has 3 heteroatoms. The van der Waals surface area contributed by atoms with E-state index in [0.29, 0.717) is 17.8 Å². The van der Waals surface area contributed by atoms with E-state index < -0.39 is 0 Å². The molecule has 0 aliphatic heterocycles. The van der Waals surface area contributed by atoms with Crippen LogP contribution in [0.4, 0.5) is 0 Å². The van der Waals surface area contributed by atoms with Gasteiger partial charge in [0.25, 0.3) is 0 Å². The Bertz CT molecular complexity index is 454. The predicted molar refractivity (Wildman–Crippen MR) is 55.5 cm³/mol. The van der Waals surface area contributed by atoms with Crippen LogP contribution in [-0.2, 0) is 6.61 Å². The first-order valence-corrected chi connectivity index (χ1v) is 4.58. The number of hydrogen-bond donors (Lipinski definition) is 1. The van der Waals surface area contributed by atoms with Crippen molar-refractivity contribution in [3.63, 3.8) is 0 Å². The van der Waals surface area contributed by atoms with Gasteiger partial charge in [-0.25, -0.2) is 0 Å². The van der Waals surface area contributed by atoms with Gasteiger partial charge in [-0.15, -0.1) is 0 Å². The van der Waals surface area contributed by atoms with E-state index in [2.05, 4.69) is 0 Å². The zero-order chi connectivity index (χ0) is 10.7. The topological polar surface area (TPSA) is 50.4 Å². The van der Waals surface area contributed by atoms with Crippen LogP contribution in [0.3, 0.4) is 0 Å². The molecule has 2 rings (SSSR count). The van der Waals surface area contributed by atoms with Crippen molar-refractivity contribution in [3.05, 3.63) is 47.7 Å². The highest BCUT2D eigenvalue weighted by atomic mass is 16.3. The fraction of sp³-hybridized carbons (Fsp3) is 0.0833. The largest absolute Gasteiger partial charge is 0.453 e. The molecule has 0 bridgehead atoms. The molecule has 2 aromatic rings. The highest BCUT2D eigenvalue weighted by molar-refractivity contribution is 5.72. The standard InChI is InChI=1S/C12H10O3/c13-7-9-1-3-10(4-2-9)12-6-5-11(8-14)15-12/h1-6,8,13H,7H2. The van der Waals surface area contributed by atoms with Crippen molar-refractivity contribution in [3.8, 4) is 11.3 Å². The molecule has 0 radical (unpaired) electrons. The molecule has 15 heavy (non-hydrogen) atoms. The molecule has 76 valence electrons. The van der Waals surface area contributed by atoms with Gasteiger partial charge in [-0.1, -0.05) is 24.3 Å². The number of carbonyl (C=O) groups excluding carboxylic acids is 1. The molecule has 0 saturated heterocycles. The fourth-order valence-corrected chi connectivity index (χ4v) is 1.35. The molecule has 0 saturated carbocycles. The van der Waals surface area contributed by atoms with E-state index >= 15 is 0 Å². The number of rotatable bonds is 3. The van der Waals surface area contributed by atoms with Crippen LogP contribution in [0.2, 0.25) is 0 Å². The van der Waals surface area contributed by atoms with Crippen molar-refractivity contribution in [1.29, 1.82) is 0 Å². The molecular weight excluding hydrogens is 192 g/mol. The normalized spacial score (nSPS) is 10.2. The van der Waals surface area contributed by atoms with Crippen LogP contribution in [0.1, 0.15) is 16.1 Å². The zero-order valence-corrected chi connectivity index (χ0v) is 8.01. The Hall–Kier alpha value is -1.87. The van der Waals surface area contributed by atoms with Crippen molar-refractivity contribution < 1.29 is 14.3 Å². The van der Waals surface area contributed by atoms with Gasteiger partial charge in [0, 0.05) is 5.56 Å². The van der Waals surface area contributed by atoms with Crippen molar-refractivity contribution in [2.75, 3.05) is 0 Å². The second kappa shape index (κ2) is 4.11. The Morgan fingerprint density at radius 1 is 1.13 bits per heavy atom. The van der Waals surface area contributed by atoms with Gasteiger partial charge >= 0.3 is 0 Å². The van der Waals surface area contributed by atoms with Gasteiger partial charge in [-0.3, -0.25) is 4.79 Å². The van der Waals surface area contributed by atoms with Crippen LogP contribution in [0, 0.1) is 0 Å². The maximum atomic E-state index is 10.4. The summed E-state index contributed by atoms with van der Waals surface area (Å²) in [5.74, 6) is 0.970. The van der Waals surface area contributed by atoms with Crippen molar-refractivity contribution in [2.24, 2.45) is 0 Å². The van der Waals surface area contributed by atoms with E-state index in [1.807, 2.05) is 24.3 Å². The molecule has 0 amide bonds. The molecule has 1 N–H and O–H groups in total. The lowest BCUT2D eigenvalue weighted by Crippen LogP contribution is -1.81. The zero-order valence-electron chi connectivity index (χ0n) is 8.01. The van der Waals surface area contributed by atoms with E-state index in [4.69, 9.17) is 9.52 Å². The summed E-state index contributed by atoms with van der Waals surface area (Å²) < 4.78 is 5.26. The third-order valence-electron chi connectivity index (χ3n) is 2.16. The molecular formula is C12H10O3.